The van der Waals surface area contributed by atoms with Crippen molar-refractivity contribution in [3.05, 3.63) is 54.1 Å². The van der Waals surface area contributed by atoms with Gasteiger partial charge < -0.3 is 25.0 Å². The molecule has 7 nitrogen and oxygen atoms in total. The molecule has 0 aromatic heterocycles. The van der Waals surface area contributed by atoms with Crippen LogP contribution in [0.3, 0.4) is 0 Å². The van der Waals surface area contributed by atoms with Crippen LogP contribution in [0, 0.1) is 5.41 Å². The van der Waals surface area contributed by atoms with Gasteiger partial charge in [0.25, 0.3) is 0 Å². The van der Waals surface area contributed by atoms with E-state index in [1.54, 1.807) is 19.2 Å². The zero-order valence-electron chi connectivity index (χ0n) is 17.2. The number of aliphatic hydroxyl groups is 2. The van der Waals surface area contributed by atoms with E-state index in [0.29, 0.717) is 38.3 Å². The monoisotopic (exact) mass is 435 g/mol. The van der Waals surface area contributed by atoms with Crippen LogP contribution in [0.4, 0.5) is 0 Å². The van der Waals surface area contributed by atoms with Crippen LogP contribution in [0.5, 0.6) is 11.5 Å². The predicted octanol–water partition coefficient (Wildman–Crippen LogP) is 1.77. The first-order chi connectivity index (χ1) is 14.2. The van der Waals surface area contributed by atoms with E-state index >= 15 is 0 Å². The Bertz CT molecular complexity index is 917. The molecule has 30 heavy (non-hydrogen) atoms. The molecule has 1 aliphatic rings. The highest BCUT2D eigenvalue weighted by Gasteiger charge is 2.44. The number of sulfone groups is 1. The van der Waals surface area contributed by atoms with E-state index in [4.69, 9.17) is 9.47 Å². The summed E-state index contributed by atoms with van der Waals surface area (Å²) in [5, 5.41) is 23.6. The Kier molecular flexibility index (Phi) is 7.02. The van der Waals surface area contributed by atoms with Crippen LogP contribution in [0.2, 0.25) is 0 Å². The zero-order valence-corrected chi connectivity index (χ0v) is 18.1. The summed E-state index contributed by atoms with van der Waals surface area (Å²) in [7, 11) is -1.63. The third kappa shape index (κ3) is 5.72. The lowest BCUT2D eigenvalue weighted by Crippen LogP contribution is -2.37. The molecule has 0 amide bonds. The van der Waals surface area contributed by atoms with Crippen molar-refractivity contribution in [3.8, 4) is 11.5 Å². The summed E-state index contributed by atoms with van der Waals surface area (Å²) in [6.07, 6.45) is 0.428. The third-order valence-electron chi connectivity index (χ3n) is 5.51. The minimum Gasteiger partial charge on any atom is -0.497 e. The first kappa shape index (κ1) is 22.6. The first-order valence-corrected chi connectivity index (χ1v) is 11.7. The highest BCUT2D eigenvalue weighted by atomic mass is 32.2. The van der Waals surface area contributed by atoms with Crippen LogP contribution in [0.1, 0.15) is 18.4 Å². The quantitative estimate of drug-likeness (QED) is 0.551. The molecule has 3 rings (SSSR count). The molecule has 1 fully saturated rings. The number of ether oxygens (including phenoxy) is 2. The number of nitrogens with one attached hydrogen (secondary N) is 1. The van der Waals surface area contributed by atoms with Crippen LogP contribution < -0.4 is 14.8 Å². The summed E-state index contributed by atoms with van der Waals surface area (Å²) in [6, 6.07) is 14.0. The smallest absolute Gasteiger partial charge is 0.175 e. The summed E-state index contributed by atoms with van der Waals surface area (Å²) in [5.74, 6) is 1.35. The van der Waals surface area contributed by atoms with E-state index in [-0.39, 0.29) is 4.90 Å². The second-order valence-corrected chi connectivity index (χ2v) is 10.0. The van der Waals surface area contributed by atoms with E-state index in [1.807, 2.05) is 24.3 Å². The molecule has 3 N–H and O–H groups in total. The Hall–Kier alpha value is -2.13. The summed E-state index contributed by atoms with van der Waals surface area (Å²) < 4.78 is 34.3. The largest absolute Gasteiger partial charge is 0.497 e. The lowest BCUT2D eigenvalue weighted by Gasteiger charge is -2.29. The van der Waals surface area contributed by atoms with Crippen molar-refractivity contribution < 1.29 is 28.1 Å². The molecular formula is C22H29NO6S. The minimum absolute atomic E-state index is 0.234. The number of rotatable bonds is 9. The van der Waals surface area contributed by atoms with Gasteiger partial charge in [-0.15, -0.1) is 0 Å². The number of hydrogen-bond acceptors (Lipinski definition) is 7. The fourth-order valence-corrected chi connectivity index (χ4v) is 4.42. The summed E-state index contributed by atoms with van der Waals surface area (Å²) in [6.45, 7) is 1.50. The lowest BCUT2D eigenvalue weighted by atomic mass is 9.86. The molecule has 2 atom stereocenters. The topological polar surface area (TPSA) is 105 Å². The van der Waals surface area contributed by atoms with Crippen LogP contribution in [-0.4, -0.2) is 57.4 Å². The van der Waals surface area contributed by atoms with Gasteiger partial charge in [0.1, 0.15) is 11.5 Å². The van der Waals surface area contributed by atoms with Gasteiger partial charge in [-0.25, -0.2) is 8.42 Å². The van der Waals surface area contributed by atoms with Crippen LogP contribution in [0.15, 0.2) is 53.4 Å². The van der Waals surface area contributed by atoms with Crippen molar-refractivity contribution in [1.29, 1.82) is 0 Å². The van der Waals surface area contributed by atoms with E-state index < -0.39 is 27.5 Å². The summed E-state index contributed by atoms with van der Waals surface area (Å²) in [4.78, 5) is 0.234. The van der Waals surface area contributed by atoms with Crippen LogP contribution in [0.25, 0.3) is 0 Å². The highest BCUT2D eigenvalue weighted by molar-refractivity contribution is 7.90. The average molecular weight is 436 g/mol. The first-order valence-electron chi connectivity index (χ1n) is 9.83. The average Bonchev–Trinajstić information content (AvgIpc) is 3.00. The molecule has 164 valence electrons. The Labute approximate surface area is 177 Å². The SMILES string of the molecule is COc1ccc(CNCC2(COc3ccc(S(C)(=O)=O)cc3)CC(O)C(O)C2)cc1. The van der Waals surface area contributed by atoms with Crippen molar-refractivity contribution >= 4 is 9.84 Å². The maximum Gasteiger partial charge on any atom is 0.175 e. The van der Waals surface area contributed by atoms with Gasteiger partial charge in [0.15, 0.2) is 9.84 Å². The number of benzene rings is 2. The van der Waals surface area contributed by atoms with E-state index in [2.05, 4.69) is 5.32 Å². The van der Waals surface area contributed by atoms with E-state index in [0.717, 1.165) is 17.6 Å². The number of methoxy groups -OCH3 is 1. The predicted molar refractivity (Wildman–Crippen MR) is 113 cm³/mol. The molecule has 2 unspecified atom stereocenters. The van der Waals surface area contributed by atoms with Crippen molar-refractivity contribution in [2.24, 2.45) is 5.41 Å². The zero-order chi connectivity index (χ0) is 21.8. The molecule has 1 aliphatic carbocycles. The van der Waals surface area contributed by atoms with Gasteiger partial charge in [0.05, 0.1) is 30.8 Å². The summed E-state index contributed by atoms with van der Waals surface area (Å²) in [5.41, 5.74) is 0.670. The Morgan fingerprint density at radius 2 is 1.57 bits per heavy atom. The van der Waals surface area contributed by atoms with Crippen molar-refractivity contribution in [1.82, 2.24) is 5.32 Å². The molecule has 0 radical (unpaired) electrons. The standard InChI is InChI=1S/C22H29NO6S/c1-28-17-5-3-16(4-6-17)13-23-14-22(11-20(24)21(25)12-22)15-29-18-7-9-19(10-8-18)30(2,26)27/h3-10,20-21,23-25H,11-15H2,1-2H3. The highest BCUT2D eigenvalue weighted by Crippen LogP contribution is 2.39. The second-order valence-electron chi connectivity index (χ2n) is 8.03. The van der Waals surface area contributed by atoms with Crippen molar-refractivity contribution in [3.63, 3.8) is 0 Å². The maximum atomic E-state index is 11.6. The van der Waals surface area contributed by atoms with Gasteiger partial charge in [-0.05, 0) is 54.8 Å². The van der Waals surface area contributed by atoms with E-state index in [9.17, 15) is 18.6 Å². The Balaban J connectivity index is 1.62. The minimum atomic E-state index is -3.26. The molecule has 0 aliphatic heterocycles. The second kappa shape index (κ2) is 9.34. The molecule has 2 aromatic rings. The molecule has 2 aromatic carbocycles. The fraction of sp³-hybridized carbons (Fsp3) is 0.455. The number of aliphatic hydroxyl groups excluding tert-OH is 2. The van der Waals surface area contributed by atoms with E-state index in [1.165, 1.54) is 12.1 Å². The Morgan fingerprint density at radius 1 is 1.00 bits per heavy atom. The Morgan fingerprint density at radius 3 is 2.10 bits per heavy atom. The van der Waals surface area contributed by atoms with Gasteiger partial charge in [-0.1, -0.05) is 12.1 Å². The van der Waals surface area contributed by atoms with Crippen LogP contribution in [-0.2, 0) is 16.4 Å². The normalized spacial score (nSPS) is 24.0. The van der Waals surface area contributed by atoms with Gasteiger partial charge in [-0.3, -0.25) is 0 Å². The molecule has 0 bridgehead atoms. The fourth-order valence-electron chi connectivity index (χ4n) is 3.79. The van der Waals surface area contributed by atoms with Crippen molar-refractivity contribution in [2.75, 3.05) is 26.5 Å². The lowest BCUT2D eigenvalue weighted by molar-refractivity contribution is 0.0438. The molecular weight excluding hydrogens is 406 g/mol. The number of hydrogen-bond donors (Lipinski definition) is 3. The van der Waals surface area contributed by atoms with Gasteiger partial charge in [0, 0.05) is 24.8 Å². The third-order valence-corrected chi connectivity index (χ3v) is 6.64. The molecule has 0 saturated heterocycles. The van der Waals surface area contributed by atoms with Gasteiger partial charge >= 0.3 is 0 Å². The van der Waals surface area contributed by atoms with Gasteiger partial charge in [-0.2, -0.15) is 0 Å². The molecule has 0 spiro atoms. The molecule has 0 heterocycles. The summed E-state index contributed by atoms with van der Waals surface area (Å²) >= 11 is 0. The molecule has 8 heteroatoms. The van der Waals surface area contributed by atoms with Crippen LogP contribution >= 0.6 is 0 Å². The maximum absolute atomic E-state index is 11.6. The van der Waals surface area contributed by atoms with Crippen molar-refractivity contribution in [2.45, 2.75) is 36.5 Å². The molecule has 1 saturated carbocycles. The van der Waals surface area contributed by atoms with Gasteiger partial charge in [0.2, 0.25) is 0 Å².